The number of fused-ring (bicyclic) bond motifs is 1. The first-order valence-corrected chi connectivity index (χ1v) is 11.1. The van der Waals surface area contributed by atoms with E-state index in [4.69, 9.17) is 0 Å². The normalized spacial score (nSPS) is 18.7. The third-order valence-corrected chi connectivity index (χ3v) is 6.45. The summed E-state index contributed by atoms with van der Waals surface area (Å²) < 4.78 is 1.83. The second-order valence-electron chi connectivity index (χ2n) is 8.56. The Kier molecular flexibility index (Phi) is 5.49. The van der Waals surface area contributed by atoms with Crippen molar-refractivity contribution < 1.29 is 9.90 Å². The molecule has 2 aromatic heterocycles. The van der Waals surface area contributed by atoms with Crippen molar-refractivity contribution in [2.45, 2.75) is 51.2 Å². The van der Waals surface area contributed by atoms with Crippen LogP contribution < -0.4 is 5.32 Å². The first-order valence-electron chi connectivity index (χ1n) is 11.1. The van der Waals surface area contributed by atoms with E-state index in [0.29, 0.717) is 12.0 Å². The van der Waals surface area contributed by atoms with Gasteiger partial charge in [0.2, 0.25) is 0 Å². The topological polar surface area (TPSA) is 95.8 Å². The number of hydrogen-bond donors (Lipinski definition) is 3. The summed E-state index contributed by atoms with van der Waals surface area (Å²) in [5, 5.41) is 17.6. The van der Waals surface area contributed by atoms with E-state index in [1.54, 1.807) is 12.5 Å². The second-order valence-corrected chi connectivity index (χ2v) is 8.56. The molecule has 0 spiro atoms. The number of carbonyl (C=O) groups is 1. The number of aromatic amines is 1. The molecular formula is C25H27N5O2. The number of aromatic nitrogens is 4. The summed E-state index contributed by atoms with van der Waals surface area (Å²) in [4.78, 5) is 20.8. The van der Waals surface area contributed by atoms with Crippen LogP contribution in [0.2, 0.25) is 0 Å². The van der Waals surface area contributed by atoms with Gasteiger partial charge >= 0.3 is 0 Å². The number of aryl methyl sites for hydroxylation is 1. The van der Waals surface area contributed by atoms with Crippen LogP contribution in [0.5, 0.6) is 0 Å². The van der Waals surface area contributed by atoms with Crippen LogP contribution in [0.1, 0.15) is 52.7 Å². The third kappa shape index (κ3) is 3.91. The zero-order valence-electron chi connectivity index (χ0n) is 18.1. The Morgan fingerprint density at radius 3 is 2.81 bits per heavy atom. The summed E-state index contributed by atoms with van der Waals surface area (Å²) in [7, 11) is 0. The molecule has 2 heterocycles. The quantitative estimate of drug-likeness (QED) is 0.451. The largest absolute Gasteiger partial charge is 0.391 e. The van der Waals surface area contributed by atoms with Crippen molar-refractivity contribution in [3.05, 3.63) is 77.4 Å². The van der Waals surface area contributed by atoms with Crippen LogP contribution in [-0.4, -0.2) is 42.9 Å². The molecule has 2 aromatic carbocycles. The second kappa shape index (κ2) is 8.59. The molecule has 0 radical (unpaired) electrons. The molecule has 1 fully saturated rings. The Bertz CT molecular complexity index is 1230. The molecular weight excluding hydrogens is 402 g/mol. The van der Waals surface area contributed by atoms with Crippen LogP contribution in [0.4, 0.5) is 0 Å². The van der Waals surface area contributed by atoms with E-state index in [9.17, 15) is 9.90 Å². The zero-order valence-corrected chi connectivity index (χ0v) is 18.1. The van der Waals surface area contributed by atoms with Gasteiger partial charge in [-0.25, -0.2) is 9.67 Å². The Morgan fingerprint density at radius 1 is 1.25 bits per heavy atom. The van der Waals surface area contributed by atoms with Crippen LogP contribution in [0.15, 0.2) is 55.1 Å². The smallest absolute Gasteiger partial charge is 0.253 e. The Balaban J connectivity index is 1.43. The van der Waals surface area contributed by atoms with Crippen LogP contribution >= 0.6 is 0 Å². The van der Waals surface area contributed by atoms with Crippen molar-refractivity contribution >= 4 is 16.9 Å². The Labute approximate surface area is 186 Å². The molecule has 0 bridgehead atoms. The third-order valence-electron chi connectivity index (χ3n) is 6.45. The number of nitrogens with zero attached hydrogens (tertiary/aromatic N) is 3. The number of hydrogen-bond acceptors (Lipinski definition) is 4. The number of aliphatic hydroxyl groups excluding tert-OH is 1. The van der Waals surface area contributed by atoms with E-state index >= 15 is 0 Å². The predicted octanol–water partition coefficient (Wildman–Crippen LogP) is 3.68. The SMILES string of the molecule is Cc1c(Cc2ccc(-n3cccn3)cc2)cc(C(=O)N[C@H]2CCCC[C@@H]2O)c2[nH]cnc12. The van der Waals surface area contributed by atoms with Gasteiger partial charge in [-0.3, -0.25) is 4.79 Å². The number of aliphatic hydroxyl groups is 1. The van der Waals surface area contributed by atoms with Gasteiger partial charge in [0.25, 0.3) is 5.91 Å². The minimum atomic E-state index is -0.483. The van der Waals surface area contributed by atoms with Gasteiger partial charge in [-0.1, -0.05) is 25.0 Å². The van der Waals surface area contributed by atoms with E-state index in [1.165, 1.54) is 0 Å². The maximum Gasteiger partial charge on any atom is 0.253 e. The van der Waals surface area contributed by atoms with Crippen molar-refractivity contribution in [3.8, 4) is 5.69 Å². The lowest BCUT2D eigenvalue weighted by Gasteiger charge is -2.28. The molecule has 164 valence electrons. The summed E-state index contributed by atoms with van der Waals surface area (Å²) in [6.45, 7) is 2.04. The highest BCUT2D eigenvalue weighted by atomic mass is 16.3. The standard InChI is InChI=1S/C25H27N5O2/c1-16-18(13-17-7-9-19(10-8-17)30-12-4-11-28-30)14-20(24-23(16)26-15-27-24)25(32)29-21-5-2-3-6-22(21)31/h4,7-12,14-15,21-22,31H,2-3,5-6,13H2,1H3,(H,26,27)(H,29,32)/t21-,22-/m0/s1. The number of H-pyrrole nitrogens is 1. The highest BCUT2D eigenvalue weighted by Gasteiger charge is 2.26. The van der Waals surface area contributed by atoms with Crippen LogP contribution in [0.3, 0.4) is 0 Å². The average molecular weight is 430 g/mol. The van der Waals surface area contributed by atoms with Gasteiger partial charge < -0.3 is 15.4 Å². The van der Waals surface area contributed by atoms with Gasteiger partial charge in [-0.2, -0.15) is 5.10 Å². The van der Waals surface area contributed by atoms with E-state index in [1.807, 2.05) is 42.1 Å². The van der Waals surface area contributed by atoms with Crippen molar-refractivity contribution in [2.75, 3.05) is 0 Å². The van der Waals surface area contributed by atoms with Gasteiger partial charge in [0.05, 0.1) is 40.8 Å². The molecule has 1 aliphatic carbocycles. The number of amides is 1. The summed E-state index contributed by atoms with van der Waals surface area (Å²) in [5.74, 6) is -0.166. The molecule has 1 aliphatic rings. The van der Waals surface area contributed by atoms with Crippen LogP contribution in [0.25, 0.3) is 16.7 Å². The molecule has 4 aromatic rings. The molecule has 32 heavy (non-hydrogen) atoms. The van der Waals surface area contributed by atoms with E-state index in [-0.39, 0.29) is 11.9 Å². The van der Waals surface area contributed by atoms with Gasteiger partial charge in [0.1, 0.15) is 0 Å². The molecule has 0 unspecified atom stereocenters. The van der Waals surface area contributed by atoms with Gasteiger partial charge in [0.15, 0.2) is 0 Å². The van der Waals surface area contributed by atoms with Crippen molar-refractivity contribution in [1.82, 2.24) is 25.1 Å². The Morgan fingerprint density at radius 2 is 2.06 bits per heavy atom. The van der Waals surface area contributed by atoms with Gasteiger partial charge in [-0.05, 0) is 67.1 Å². The van der Waals surface area contributed by atoms with Gasteiger partial charge in [0, 0.05) is 12.4 Å². The van der Waals surface area contributed by atoms with E-state index < -0.39 is 6.10 Å². The molecule has 7 nitrogen and oxygen atoms in total. The summed E-state index contributed by atoms with van der Waals surface area (Å²) >= 11 is 0. The molecule has 1 amide bonds. The lowest BCUT2D eigenvalue weighted by Crippen LogP contribution is -2.45. The van der Waals surface area contributed by atoms with E-state index in [0.717, 1.165) is 59.1 Å². The minimum absolute atomic E-state index is 0.166. The maximum absolute atomic E-state index is 13.2. The predicted molar refractivity (Wildman–Crippen MR) is 123 cm³/mol. The lowest BCUT2D eigenvalue weighted by atomic mass is 9.92. The highest BCUT2D eigenvalue weighted by molar-refractivity contribution is 6.06. The van der Waals surface area contributed by atoms with Crippen LogP contribution in [-0.2, 0) is 6.42 Å². The first kappa shape index (κ1) is 20.5. The molecule has 0 aliphatic heterocycles. The number of benzene rings is 2. The molecule has 1 saturated carbocycles. The maximum atomic E-state index is 13.2. The molecule has 7 heteroatoms. The fourth-order valence-corrected chi connectivity index (χ4v) is 4.59. The van der Waals surface area contributed by atoms with Crippen molar-refractivity contribution in [2.24, 2.45) is 0 Å². The monoisotopic (exact) mass is 429 g/mol. The first-order chi connectivity index (χ1) is 15.6. The lowest BCUT2D eigenvalue weighted by molar-refractivity contribution is 0.0718. The molecule has 3 N–H and O–H groups in total. The summed E-state index contributed by atoms with van der Waals surface area (Å²) in [6.07, 6.45) is 9.09. The van der Waals surface area contributed by atoms with Gasteiger partial charge in [-0.15, -0.1) is 0 Å². The van der Waals surface area contributed by atoms with Crippen LogP contribution in [0, 0.1) is 6.92 Å². The fraction of sp³-hybridized carbons (Fsp3) is 0.320. The highest BCUT2D eigenvalue weighted by Crippen LogP contribution is 2.26. The number of rotatable bonds is 5. The number of carbonyl (C=O) groups excluding carboxylic acids is 1. The molecule has 0 saturated heterocycles. The van der Waals surface area contributed by atoms with Crippen molar-refractivity contribution in [3.63, 3.8) is 0 Å². The number of imidazole rings is 1. The number of nitrogens with one attached hydrogen (secondary N) is 2. The average Bonchev–Trinajstić information content (AvgIpc) is 3.50. The fourth-order valence-electron chi connectivity index (χ4n) is 4.59. The molecule has 2 atom stereocenters. The Hall–Kier alpha value is -3.45. The summed E-state index contributed by atoms with van der Waals surface area (Å²) in [5.41, 5.74) is 6.40. The van der Waals surface area contributed by atoms with E-state index in [2.05, 4.69) is 32.5 Å². The summed E-state index contributed by atoms with van der Waals surface area (Å²) in [6, 6.07) is 11.9. The van der Waals surface area contributed by atoms with Crippen molar-refractivity contribution in [1.29, 1.82) is 0 Å². The molecule has 5 rings (SSSR count). The zero-order chi connectivity index (χ0) is 22.1. The minimum Gasteiger partial charge on any atom is -0.391 e.